The van der Waals surface area contributed by atoms with Crippen molar-refractivity contribution in [3.05, 3.63) is 29.3 Å². The lowest BCUT2D eigenvalue weighted by molar-refractivity contribution is 1.38. The molecule has 1 nitrogen and oxygen atoms in total. The summed E-state index contributed by atoms with van der Waals surface area (Å²) in [6.45, 7) is 4.09. The fourth-order valence-corrected chi connectivity index (χ4v) is 1.33. The Morgan fingerprint density at radius 3 is 2.25 bits per heavy atom. The van der Waals surface area contributed by atoms with Crippen LogP contribution in [0.1, 0.15) is 11.1 Å². The minimum atomic E-state index is 0.507. The number of hydrogen-bond donors (Lipinski definition) is 2. The molecule has 3 heteroatoms. The Labute approximate surface area is 83.6 Å². The minimum Gasteiger partial charge on any atom is -0.341 e. The van der Waals surface area contributed by atoms with Crippen molar-refractivity contribution in [1.29, 1.82) is 0 Å². The largest absolute Gasteiger partial charge is 0.341 e. The van der Waals surface area contributed by atoms with Crippen molar-refractivity contribution in [1.82, 2.24) is 0 Å². The maximum absolute atomic E-state index is 4.85. The predicted octanol–water partition coefficient (Wildman–Crippen LogP) is 2.93. The van der Waals surface area contributed by atoms with Gasteiger partial charge in [0.2, 0.25) is 0 Å². The molecule has 0 heterocycles. The minimum absolute atomic E-state index is 0.507. The smallest absolute Gasteiger partial charge is 0.135 e. The van der Waals surface area contributed by atoms with Crippen LogP contribution in [0.3, 0.4) is 0 Å². The number of thiol groups is 1. The van der Waals surface area contributed by atoms with E-state index in [0.29, 0.717) is 4.32 Å². The van der Waals surface area contributed by atoms with Gasteiger partial charge in [-0.05, 0) is 25.0 Å². The van der Waals surface area contributed by atoms with Gasteiger partial charge in [0.25, 0.3) is 0 Å². The van der Waals surface area contributed by atoms with Gasteiger partial charge in [0.1, 0.15) is 4.32 Å². The Morgan fingerprint density at radius 2 is 1.83 bits per heavy atom. The molecule has 0 bridgehead atoms. The molecule has 0 aliphatic carbocycles. The molecule has 0 fully saturated rings. The molecule has 1 aromatic rings. The molecule has 0 spiro atoms. The lowest BCUT2D eigenvalue weighted by atomic mass is 10.1. The molecule has 1 N–H and O–H groups in total. The van der Waals surface area contributed by atoms with Gasteiger partial charge in [0.15, 0.2) is 0 Å². The molecule has 1 aromatic carbocycles. The van der Waals surface area contributed by atoms with Crippen LogP contribution >= 0.6 is 24.8 Å². The van der Waals surface area contributed by atoms with Crippen LogP contribution in [-0.2, 0) is 0 Å². The fourth-order valence-electron chi connectivity index (χ4n) is 1.12. The standard InChI is InChI=1S/C9H11NS2/c1-6-4-3-5-7(2)8(6)10-9(11)12/h3-5H,1-2H3,(H2,10,11,12). The van der Waals surface area contributed by atoms with Gasteiger partial charge in [-0.25, -0.2) is 0 Å². The molecule has 1 rings (SSSR count). The van der Waals surface area contributed by atoms with E-state index in [1.165, 1.54) is 11.1 Å². The molecule has 64 valence electrons. The molecule has 0 saturated heterocycles. The first-order valence-corrected chi connectivity index (χ1v) is 4.53. The van der Waals surface area contributed by atoms with Crippen molar-refractivity contribution >= 4 is 34.9 Å². The molecule has 0 aliphatic rings. The highest BCUT2D eigenvalue weighted by atomic mass is 32.1. The molecule has 0 aliphatic heterocycles. The molecule has 0 saturated carbocycles. The van der Waals surface area contributed by atoms with Crippen molar-refractivity contribution in [3.8, 4) is 0 Å². The second-order valence-corrected chi connectivity index (χ2v) is 3.85. The van der Waals surface area contributed by atoms with Crippen LogP contribution in [0, 0.1) is 13.8 Å². The zero-order chi connectivity index (χ0) is 9.14. The van der Waals surface area contributed by atoms with Gasteiger partial charge >= 0.3 is 0 Å². The molecule has 0 aromatic heterocycles. The number of para-hydroxylation sites is 1. The highest BCUT2D eigenvalue weighted by Gasteiger charge is 2.00. The number of nitrogens with one attached hydrogen (secondary N) is 1. The SMILES string of the molecule is Cc1cccc(C)c1NC(=S)S. The van der Waals surface area contributed by atoms with E-state index < -0.39 is 0 Å². The zero-order valence-electron chi connectivity index (χ0n) is 7.09. The lowest BCUT2D eigenvalue weighted by Crippen LogP contribution is -2.04. The molecule has 0 amide bonds. The summed E-state index contributed by atoms with van der Waals surface area (Å²) < 4.78 is 0.507. The van der Waals surface area contributed by atoms with Crippen LogP contribution in [0.2, 0.25) is 0 Å². The molecule has 0 unspecified atom stereocenters. The first-order valence-electron chi connectivity index (χ1n) is 3.67. The van der Waals surface area contributed by atoms with Crippen LogP contribution < -0.4 is 5.32 Å². The highest BCUT2D eigenvalue weighted by molar-refractivity contribution is 8.11. The third-order valence-corrected chi connectivity index (χ3v) is 1.93. The summed E-state index contributed by atoms with van der Waals surface area (Å²) >= 11 is 8.87. The normalized spacial score (nSPS) is 9.58. The van der Waals surface area contributed by atoms with Gasteiger partial charge in [0, 0.05) is 5.69 Å². The molecular weight excluding hydrogens is 186 g/mol. The second-order valence-electron chi connectivity index (χ2n) is 2.70. The Hall–Kier alpha value is -0.540. The van der Waals surface area contributed by atoms with E-state index in [1.54, 1.807) is 0 Å². The van der Waals surface area contributed by atoms with Gasteiger partial charge in [-0.15, -0.1) is 12.6 Å². The topological polar surface area (TPSA) is 12.0 Å². The van der Waals surface area contributed by atoms with Crippen molar-refractivity contribution in [2.45, 2.75) is 13.8 Å². The number of benzene rings is 1. The van der Waals surface area contributed by atoms with Crippen LogP contribution in [-0.4, -0.2) is 4.32 Å². The monoisotopic (exact) mass is 197 g/mol. The highest BCUT2D eigenvalue weighted by Crippen LogP contribution is 2.19. The number of hydrogen-bond acceptors (Lipinski definition) is 1. The van der Waals surface area contributed by atoms with Crippen LogP contribution in [0.25, 0.3) is 0 Å². The predicted molar refractivity (Wildman–Crippen MR) is 61.1 cm³/mol. The summed E-state index contributed by atoms with van der Waals surface area (Å²) in [6.07, 6.45) is 0. The van der Waals surface area contributed by atoms with E-state index in [2.05, 4.69) is 17.9 Å². The van der Waals surface area contributed by atoms with E-state index in [1.807, 2.05) is 32.0 Å². The number of anilines is 1. The van der Waals surface area contributed by atoms with Crippen LogP contribution in [0.4, 0.5) is 5.69 Å². The van der Waals surface area contributed by atoms with Gasteiger partial charge in [-0.1, -0.05) is 30.4 Å². The molecule has 0 atom stereocenters. The van der Waals surface area contributed by atoms with Crippen molar-refractivity contribution < 1.29 is 0 Å². The van der Waals surface area contributed by atoms with E-state index in [9.17, 15) is 0 Å². The van der Waals surface area contributed by atoms with Gasteiger partial charge in [0.05, 0.1) is 0 Å². The van der Waals surface area contributed by atoms with Crippen molar-refractivity contribution in [2.24, 2.45) is 0 Å². The number of rotatable bonds is 1. The summed E-state index contributed by atoms with van der Waals surface area (Å²) in [6, 6.07) is 6.11. The van der Waals surface area contributed by atoms with E-state index >= 15 is 0 Å². The maximum Gasteiger partial charge on any atom is 0.135 e. The van der Waals surface area contributed by atoms with E-state index in [0.717, 1.165) is 5.69 Å². The van der Waals surface area contributed by atoms with Gasteiger partial charge in [-0.2, -0.15) is 0 Å². The zero-order valence-corrected chi connectivity index (χ0v) is 8.80. The summed E-state index contributed by atoms with van der Waals surface area (Å²) in [5, 5.41) is 3.04. The quantitative estimate of drug-likeness (QED) is 0.530. The van der Waals surface area contributed by atoms with Crippen LogP contribution in [0.15, 0.2) is 18.2 Å². The van der Waals surface area contributed by atoms with E-state index in [4.69, 9.17) is 12.2 Å². The average molecular weight is 197 g/mol. The van der Waals surface area contributed by atoms with Crippen molar-refractivity contribution in [2.75, 3.05) is 5.32 Å². The van der Waals surface area contributed by atoms with Crippen molar-refractivity contribution in [3.63, 3.8) is 0 Å². The summed E-state index contributed by atoms with van der Waals surface area (Å²) in [5.41, 5.74) is 3.44. The summed E-state index contributed by atoms with van der Waals surface area (Å²) in [7, 11) is 0. The first-order chi connectivity index (χ1) is 5.61. The summed E-state index contributed by atoms with van der Waals surface area (Å²) in [5.74, 6) is 0. The van der Waals surface area contributed by atoms with E-state index in [-0.39, 0.29) is 0 Å². The van der Waals surface area contributed by atoms with Crippen LogP contribution in [0.5, 0.6) is 0 Å². The fraction of sp³-hybridized carbons (Fsp3) is 0.222. The third kappa shape index (κ3) is 2.22. The Morgan fingerprint density at radius 1 is 1.33 bits per heavy atom. The van der Waals surface area contributed by atoms with Gasteiger partial charge in [-0.3, -0.25) is 0 Å². The summed E-state index contributed by atoms with van der Waals surface area (Å²) in [4.78, 5) is 0. The lowest BCUT2D eigenvalue weighted by Gasteiger charge is -2.09. The molecule has 12 heavy (non-hydrogen) atoms. The molecule has 0 radical (unpaired) electrons. The maximum atomic E-state index is 4.85. The number of aryl methyl sites for hydroxylation is 2. The molecular formula is C9H11NS2. The average Bonchev–Trinajstić information content (AvgIpc) is 1.97. The third-order valence-electron chi connectivity index (χ3n) is 1.71. The first kappa shape index (κ1) is 9.55. The Balaban J connectivity index is 3.04. The Kier molecular flexibility index (Phi) is 3.12. The van der Waals surface area contributed by atoms with Gasteiger partial charge < -0.3 is 5.32 Å². The second kappa shape index (κ2) is 3.92. The number of thiocarbonyl (C=S) groups is 1. The Bertz CT molecular complexity index is 287.